The zero-order valence-electron chi connectivity index (χ0n) is 17.4. The number of halogens is 2. The number of anilines is 1. The van der Waals surface area contributed by atoms with E-state index in [1.807, 2.05) is 25.1 Å². The summed E-state index contributed by atoms with van der Waals surface area (Å²) in [6.07, 6.45) is 0.698. The lowest BCUT2D eigenvalue weighted by Crippen LogP contribution is -2.44. The van der Waals surface area contributed by atoms with Gasteiger partial charge in [-0.25, -0.2) is 12.8 Å². The second-order valence-corrected chi connectivity index (χ2v) is 10.7. The van der Waals surface area contributed by atoms with Crippen molar-refractivity contribution in [2.24, 2.45) is 0 Å². The molecule has 4 rings (SSSR count). The fraction of sp³-hybridized carbons (Fsp3) is 0.208. The summed E-state index contributed by atoms with van der Waals surface area (Å²) in [6, 6.07) is 19.3. The Kier molecular flexibility index (Phi) is 6.46. The van der Waals surface area contributed by atoms with Crippen molar-refractivity contribution in [1.82, 2.24) is 4.31 Å². The summed E-state index contributed by atoms with van der Waals surface area (Å²) in [5, 5.41) is 0. The third-order valence-electron chi connectivity index (χ3n) is 5.49. The molecule has 0 unspecified atom stereocenters. The highest BCUT2D eigenvalue weighted by molar-refractivity contribution is 9.10. The first-order chi connectivity index (χ1) is 15.3. The molecule has 8 heteroatoms. The minimum absolute atomic E-state index is 0.0430. The Morgan fingerprint density at radius 1 is 1.09 bits per heavy atom. The third-order valence-corrected chi connectivity index (χ3v) is 7.79. The Morgan fingerprint density at radius 3 is 2.47 bits per heavy atom. The Hall–Kier alpha value is -2.55. The molecule has 1 atom stereocenters. The number of carbonyl (C=O) groups excluding carboxylic acids is 1. The van der Waals surface area contributed by atoms with Crippen LogP contribution in [0.15, 0.2) is 82.2 Å². The molecular formula is C24H22BrFN2O3S. The smallest absolute Gasteiger partial charge is 0.243 e. The van der Waals surface area contributed by atoms with Crippen molar-refractivity contribution in [3.05, 3.63) is 94.2 Å². The molecule has 0 spiro atoms. The number of sulfonamides is 1. The van der Waals surface area contributed by atoms with E-state index in [1.165, 1.54) is 36.4 Å². The molecule has 5 nitrogen and oxygen atoms in total. The average molecular weight is 517 g/mol. The fourth-order valence-electron chi connectivity index (χ4n) is 3.97. The van der Waals surface area contributed by atoms with Gasteiger partial charge < -0.3 is 4.90 Å². The Bertz CT molecular complexity index is 1230. The number of benzene rings is 3. The maximum atomic E-state index is 13.4. The molecule has 1 heterocycles. The second-order valence-electron chi connectivity index (χ2n) is 7.80. The van der Waals surface area contributed by atoms with E-state index < -0.39 is 15.8 Å². The van der Waals surface area contributed by atoms with E-state index >= 15 is 0 Å². The lowest BCUT2D eigenvalue weighted by molar-refractivity contribution is -0.119. The lowest BCUT2D eigenvalue weighted by Gasteiger charge is -2.27. The summed E-state index contributed by atoms with van der Waals surface area (Å²) in [7, 11) is -3.95. The van der Waals surface area contributed by atoms with Crippen LogP contribution in [0.2, 0.25) is 0 Å². The molecule has 3 aromatic carbocycles. The van der Waals surface area contributed by atoms with Crippen LogP contribution < -0.4 is 4.90 Å². The van der Waals surface area contributed by atoms with Crippen LogP contribution in [0.3, 0.4) is 0 Å². The van der Waals surface area contributed by atoms with Gasteiger partial charge in [0.15, 0.2) is 0 Å². The van der Waals surface area contributed by atoms with Crippen molar-refractivity contribution in [3.63, 3.8) is 0 Å². The largest absolute Gasteiger partial charge is 0.308 e. The lowest BCUT2D eigenvalue weighted by atomic mass is 10.1. The average Bonchev–Trinajstić information content (AvgIpc) is 3.10. The van der Waals surface area contributed by atoms with Crippen molar-refractivity contribution in [2.75, 3.05) is 11.4 Å². The first-order valence-electron chi connectivity index (χ1n) is 10.2. The zero-order valence-corrected chi connectivity index (χ0v) is 19.8. The van der Waals surface area contributed by atoms with Crippen LogP contribution in [0.5, 0.6) is 0 Å². The molecule has 1 aliphatic rings. The molecular weight excluding hydrogens is 495 g/mol. The van der Waals surface area contributed by atoms with Gasteiger partial charge >= 0.3 is 0 Å². The normalized spacial score (nSPS) is 15.8. The van der Waals surface area contributed by atoms with Crippen LogP contribution in [0.1, 0.15) is 18.1 Å². The van der Waals surface area contributed by atoms with Crippen molar-refractivity contribution >= 4 is 37.5 Å². The molecule has 0 aliphatic carbocycles. The Balaban J connectivity index is 1.66. The van der Waals surface area contributed by atoms with Crippen LogP contribution in [0.4, 0.5) is 10.1 Å². The highest BCUT2D eigenvalue weighted by Gasteiger charge is 2.34. The molecule has 0 saturated carbocycles. The number of carbonyl (C=O) groups is 1. The fourth-order valence-corrected chi connectivity index (χ4v) is 5.77. The van der Waals surface area contributed by atoms with Crippen LogP contribution in [-0.2, 0) is 27.8 Å². The van der Waals surface area contributed by atoms with Crippen LogP contribution in [0.25, 0.3) is 0 Å². The Morgan fingerprint density at radius 2 is 1.78 bits per heavy atom. The first-order valence-corrected chi connectivity index (χ1v) is 12.4. The van der Waals surface area contributed by atoms with E-state index in [2.05, 4.69) is 15.9 Å². The Labute approximate surface area is 195 Å². The molecule has 32 heavy (non-hydrogen) atoms. The van der Waals surface area contributed by atoms with Gasteiger partial charge in [0.25, 0.3) is 0 Å². The van der Waals surface area contributed by atoms with Gasteiger partial charge in [-0.05, 0) is 66.9 Å². The van der Waals surface area contributed by atoms with Crippen molar-refractivity contribution in [1.29, 1.82) is 0 Å². The maximum absolute atomic E-state index is 13.4. The van der Waals surface area contributed by atoms with Crippen LogP contribution in [-0.4, -0.2) is 31.2 Å². The van der Waals surface area contributed by atoms with Gasteiger partial charge in [0.1, 0.15) is 5.82 Å². The van der Waals surface area contributed by atoms with Gasteiger partial charge in [0.2, 0.25) is 15.9 Å². The highest BCUT2D eigenvalue weighted by atomic mass is 79.9. The van der Waals surface area contributed by atoms with E-state index in [4.69, 9.17) is 0 Å². The standard InChI is InChI=1S/C24H22BrFN2O3S/c1-17-13-19-14-20(25)9-12-23(19)28(17)24(29)16-27(15-18-7-10-21(26)11-8-18)32(30,31)22-5-3-2-4-6-22/h2-12,14,17H,13,15-16H2,1H3/t17-/m0/s1. The number of amides is 1. The summed E-state index contributed by atoms with van der Waals surface area (Å²) in [6.45, 7) is 1.58. The molecule has 0 fully saturated rings. The number of hydrogen-bond donors (Lipinski definition) is 0. The topological polar surface area (TPSA) is 57.7 Å². The van der Waals surface area contributed by atoms with Gasteiger partial charge in [0.05, 0.1) is 11.4 Å². The number of nitrogens with zero attached hydrogens (tertiary/aromatic N) is 2. The molecule has 0 saturated heterocycles. The quantitative estimate of drug-likeness (QED) is 0.474. The molecule has 1 aliphatic heterocycles. The minimum atomic E-state index is -3.95. The van der Waals surface area contributed by atoms with Gasteiger partial charge in [0, 0.05) is 22.7 Å². The van der Waals surface area contributed by atoms with E-state index in [0.29, 0.717) is 12.0 Å². The molecule has 0 aromatic heterocycles. The number of fused-ring (bicyclic) bond motifs is 1. The summed E-state index contributed by atoms with van der Waals surface area (Å²) in [5.74, 6) is -0.712. The van der Waals surface area contributed by atoms with E-state index in [-0.39, 0.29) is 29.9 Å². The SMILES string of the molecule is C[C@H]1Cc2cc(Br)ccc2N1C(=O)CN(Cc1ccc(F)cc1)S(=O)(=O)c1ccccc1. The number of rotatable bonds is 6. The molecule has 3 aromatic rings. The molecule has 0 bridgehead atoms. The van der Waals surface area contributed by atoms with Crippen molar-refractivity contribution in [3.8, 4) is 0 Å². The summed E-state index contributed by atoms with van der Waals surface area (Å²) >= 11 is 3.46. The van der Waals surface area contributed by atoms with Gasteiger partial charge in [-0.3, -0.25) is 4.79 Å². The zero-order chi connectivity index (χ0) is 22.9. The third kappa shape index (κ3) is 4.62. The molecule has 166 valence electrons. The predicted molar refractivity (Wildman–Crippen MR) is 125 cm³/mol. The molecule has 0 N–H and O–H groups in total. The monoisotopic (exact) mass is 516 g/mol. The second kappa shape index (κ2) is 9.13. The van der Waals surface area contributed by atoms with E-state index in [9.17, 15) is 17.6 Å². The van der Waals surface area contributed by atoms with Gasteiger partial charge in [-0.2, -0.15) is 4.31 Å². The maximum Gasteiger partial charge on any atom is 0.243 e. The summed E-state index contributed by atoms with van der Waals surface area (Å²) < 4.78 is 42.2. The highest BCUT2D eigenvalue weighted by Crippen LogP contribution is 2.34. The van der Waals surface area contributed by atoms with Gasteiger partial charge in [-0.1, -0.05) is 46.3 Å². The van der Waals surface area contributed by atoms with Crippen molar-refractivity contribution < 1.29 is 17.6 Å². The van der Waals surface area contributed by atoms with Crippen LogP contribution in [0, 0.1) is 5.82 Å². The first kappa shape index (κ1) is 22.6. The molecule has 0 radical (unpaired) electrons. The minimum Gasteiger partial charge on any atom is -0.308 e. The number of hydrogen-bond acceptors (Lipinski definition) is 3. The summed E-state index contributed by atoms with van der Waals surface area (Å²) in [5.41, 5.74) is 2.43. The van der Waals surface area contributed by atoms with Crippen molar-refractivity contribution in [2.45, 2.75) is 30.8 Å². The predicted octanol–water partition coefficient (Wildman–Crippen LogP) is 4.76. The summed E-state index contributed by atoms with van der Waals surface area (Å²) in [4.78, 5) is 15.2. The van der Waals surface area contributed by atoms with E-state index in [0.717, 1.165) is 20.0 Å². The van der Waals surface area contributed by atoms with Crippen LogP contribution >= 0.6 is 15.9 Å². The molecule has 1 amide bonds. The van der Waals surface area contributed by atoms with Gasteiger partial charge in [-0.15, -0.1) is 0 Å². The van der Waals surface area contributed by atoms with E-state index in [1.54, 1.807) is 23.1 Å².